The standard InChI is InChI=1S/C16H14FN5O2/c17-12-7-10(21-9-11(8-18)24-16(21)23)5-6-14(12)22-15-4-2-1-3-13(15)19-20-22/h1-7,11H,8-9,18H2/t11-/m0/s1. The molecule has 0 saturated carbocycles. The van der Waals surface area contributed by atoms with E-state index in [1.807, 2.05) is 18.2 Å². The number of para-hydroxylation sites is 1. The predicted octanol–water partition coefficient (Wildman–Crippen LogP) is 1.84. The smallest absolute Gasteiger partial charge is 0.414 e. The molecule has 24 heavy (non-hydrogen) atoms. The third kappa shape index (κ3) is 2.28. The highest BCUT2D eigenvalue weighted by molar-refractivity contribution is 5.90. The van der Waals surface area contributed by atoms with E-state index in [1.165, 1.54) is 15.6 Å². The van der Waals surface area contributed by atoms with Crippen LogP contribution in [0.15, 0.2) is 42.5 Å². The number of hydrogen-bond donors (Lipinski definition) is 1. The first-order valence-corrected chi connectivity index (χ1v) is 7.46. The van der Waals surface area contributed by atoms with Gasteiger partial charge >= 0.3 is 6.09 Å². The summed E-state index contributed by atoms with van der Waals surface area (Å²) >= 11 is 0. The summed E-state index contributed by atoms with van der Waals surface area (Å²) < 4.78 is 21.1. The number of amides is 1. The average Bonchev–Trinajstić information content (AvgIpc) is 3.18. The number of aromatic nitrogens is 3. The van der Waals surface area contributed by atoms with Crippen molar-refractivity contribution in [1.29, 1.82) is 0 Å². The zero-order chi connectivity index (χ0) is 16.7. The van der Waals surface area contributed by atoms with E-state index in [0.717, 1.165) is 0 Å². The van der Waals surface area contributed by atoms with Crippen molar-refractivity contribution in [3.63, 3.8) is 0 Å². The monoisotopic (exact) mass is 327 g/mol. The van der Waals surface area contributed by atoms with Crippen LogP contribution in [0.4, 0.5) is 14.9 Å². The van der Waals surface area contributed by atoms with Crippen LogP contribution in [0.1, 0.15) is 0 Å². The number of nitrogens with zero attached hydrogens (tertiary/aromatic N) is 4. The van der Waals surface area contributed by atoms with E-state index >= 15 is 0 Å². The molecule has 2 aromatic carbocycles. The maximum Gasteiger partial charge on any atom is 0.414 e. The third-order valence-electron chi connectivity index (χ3n) is 3.96. The van der Waals surface area contributed by atoms with Gasteiger partial charge in [-0.3, -0.25) is 4.90 Å². The van der Waals surface area contributed by atoms with E-state index < -0.39 is 11.9 Å². The molecule has 1 fully saturated rings. The lowest BCUT2D eigenvalue weighted by Crippen LogP contribution is -2.27. The lowest BCUT2D eigenvalue weighted by atomic mass is 10.2. The minimum atomic E-state index is -0.524. The molecule has 0 unspecified atom stereocenters. The van der Waals surface area contributed by atoms with Crippen LogP contribution < -0.4 is 10.6 Å². The van der Waals surface area contributed by atoms with Crippen LogP contribution in [-0.4, -0.2) is 40.3 Å². The fourth-order valence-electron chi connectivity index (χ4n) is 2.74. The Labute approximate surface area is 136 Å². The lowest BCUT2D eigenvalue weighted by molar-refractivity contribution is 0.145. The Morgan fingerprint density at radius 1 is 1.29 bits per heavy atom. The van der Waals surface area contributed by atoms with Crippen molar-refractivity contribution in [1.82, 2.24) is 15.0 Å². The van der Waals surface area contributed by atoms with Crippen molar-refractivity contribution < 1.29 is 13.9 Å². The fraction of sp³-hybridized carbons (Fsp3) is 0.188. The number of hydrogen-bond acceptors (Lipinski definition) is 5. The minimum Gasteiger partial charge on any atom is -0.443 e. The quantitative estimate of drug-likeness (QED) is 0.793. The van der Waals surface area contributed by atoms with E-state index in [0.29, 0.717) is 23.3 Å². The van der Waals surface area contributed by atoms with Gasteiger partial charge < -0.3 is 10.5 Å². The zero-order valence-electron chi connectivity index (χ0n) is 12.6. The molecule has 0 aliphatic carbocycles. The Morgan fingerprint density at radius 3 is 2.88 bits per heavy atom. The molecule has 1 saturated heterocycles. The average molecular weight is 327 g/mol. The molecular weight excluding hydrogens is 313 g/mol. The topological polar surface area (TPSA) is 86.3 Å². The number of carbonyl (C=O) groups excluding carboxylic acids is 1. The van der Waals surface area contributed by atoms with Crippen LogP contribution in [0.3, 0.4) is 0 Å². The molecule has 3 aromatic rings. The van der Waals surface area contributed by atoms with Crippen molar-refractivity contribution in [2.45, 2.75) is 6.10 Å². The molecular formula is C16H14FN5O2. The molecule has 2 N–H and O–H groups in total. The van der Waals surface area contributed by atoms with Crippen LogP contribution in [0.5, 0.6) is 0 Å². The van der Waals surface area contributed by atoms with Gasteiger partial charge in [-0.1, -0.05) is 17.3 Å². The van der Waals surface area contributed by atoms with Gasteiger partial charge in [-0.25, -0.2) is 13.9 Å². The molecule has 1 aliphatic rings. The van der Waals surface area contributed by atoms with Crippen LogP contribution in [0.25, 0.3) is 16.7 Å². The number of anilines is 1. The Kier molecular flexibility index (Phi) is 3.39. The van der Waals surface area contributed by atoms with E-state index in [4.69, 9.17) is 10.5 Å². The summed E-state index contributed by atoms with van der Waals surface area (Å²) in [7, 11) is 0. The SMILES string of the molecule is NC[C@H]1CN(c2ccc(-n3nnc4ccccc43)c(F)c2)C(=O)O1. The summed E-state index contributed by atoms with van der Waals surface area (Å²) in [5.41, 5.74) is 7.57. The number of benzene rings is 2. The molecule has 0 bridgehead atoms. The number of nitrogens with two attached hydrogens (primary N) is 1. The molecule has 1 aromatic heterocycles. The number of carbonyl (C=O) groups is 1. The first kappa shape index (κ1) is 14.6. The summed E-state index contributed by atoms with van der Waals surface area (Å²) in [6, 6.07) is 11.8. The highest BCUT2D eigenvalue weighted by Gasteiger charge is 2.31. The van der Waals surface area contributed by atoms with Gasteiger partial charge in [0.05, 0.1) is 17.7 Å². The molecule has 1 atom stereocenters. The molecule has 7 nitrogen and oxygen atoms in total. The van der Waals surface area contributed by atoms with Crippen LogP contribution in [0, 0.1) is 5.82 Å². The molecule has 0 radical (unpaired) electrons. The number of rotatable bonds is 3. The number of cyclic esters (lactones) is 1. The Hall–Kier alpha value is -3.00. The second kappa shape index (κ2) is 5.57. The van der Waals surface area contributed by atoms with Gasteiger partial charge in [-0.15, -0.1) is 5.10 Å². The summed E-state index contributed by atoms with van der Waals surface area (Å²) in [4.78, 5) is 13.2. The normalized spacial score (nSPS) is 17.5. The Bertz CT molecular complexity index is 926. The summed E-state index contributed by atoms with van der Waals surface area (Å²) in [5, 5.41) is 8.02. The molecule has 1 amide bonds. The lowest BCUT2D eigenvalue weighted by Gasteiger charge is -2.14. The minimum absolute atomic E-state index is 0.230. The van der Waals surface area contributed by atoms with Gasteiger partial charge in [0, 0.05) is 6.54 Å². The number of halogens is 1. The molecule has 122 valence electrons. The van der Waals surface area contributed by atoms with Gasteiger partial charge in [0.15, 0.2) is 5.82 Å². The Balaban J connectivity index is 1.71. The molecule has 4 rings (SSSR count). The van der Waals surface area contributed by atoms with Crippen LogP contribution in [-0.2, 0) is 4.74 Å². The van der Waals surface area contributed by atoms with Gasteiger partial charge in [0.1, 0.15) is 17.3 Å². The second-order valence-electron chi connectivity index (χ2n) is 5.48. The molecule has 1 aliphatic heterocycles. The first-order valence-electron chi connectivity index (χ1n) is 7.46. The Morgan fingerprint density at radius 2 is 2.12 bits per heavy atom. The number of ether oxygens (including phenoxy) is 1. The molecule has 0 spiro atoms. The van der Waals surface area contributed by atoms with Crippen molar-refractivity contribution in [3.05, 3.63) is 48.3 Å². The van der Waals surface area contributed by atoms with E-state index in [2.05, 4.69) is 10.3 Å². The van der Waals surface area contributed by atoms with Crippen LogP contribution in [0.2, 0.25) is 0 Å². The van der Waals surface area contributed by atoms with Crippen molar-refractivity contribution in [2.75, 3.05) is 18.0 Å². The maximum atomic E-state index is 14.6. The largest absolute Gasteiger partial charge is 0.443 e. The van der Waals surface area contributed by atoms with E-state index in [9.17, 15) is 9.18 Å². The van der Waals surface area contributed by atoms with Gasteiger partial charge in [-0.2, -0.15) is 0 Å². The third-order valence-corrected chi connectivity index (χ3v) is 3.96. The molecule has 8 heteroatoms. The summed E-state index contributed by atoms with van der Waals surface area (Å²) in [6.07, 6.45) is -0.900. The van der Waals surface area contributed by atoms with Gasteiger partial charge in [0.25, 0.3) is 0 Å². The number of fused-ring (bicyclic) bond motifs is 1. The van der Waals surface area contributed by atoms with Gasteiger partial charge in [0.2, 0.25) is 0 Å². The van der Waals surface area contributed by atoms with Gasteiger partial charge in [-0.05, 0) is 30.3 Å². The second-order valence-corrected chi connectivity index (χ2v) is 5.48. The highest BCUT2D eigenvalue weighted by Crippen LogP contribution is 2.26. The first-order chi connectivity index (χ1) is 11.7. The molecule has 2 heterocycles. The van der Waals surface area contributed by atoms with E-state index in [1.54, 1.807) is 18.2 Å². The van der Waals surface area contributed by atoms with Crippen molar-refractivity contribution in [2.24, 2.45) is 5.73 Å². The summed E-state index contributed by atoms with van der Waals surface area (Å²) in [6.45, 7) is 0.536. The van der Waals surface area contributed by atoms with E-state index in [-0.39, 0.29) is 18.3 Å². The maximum absolute atomic E-state index is 14.6. The van der Waals surface area contributed by atoms with Crippen LogP contribution >= 0.6 is 0 Å². The fourth-order valence-corrected chi connectivity index (χ4v) is 2.74. The predicted molar refractivity (Wildman–Crippen MR) is 85.5 cm³/mol. The van der Waals surface area contributed by atoms with Crippen molar-refractivity contribution >= 4 is 22.8 Å². The summed E-state index contributed by atoms with van der Waals surface area (Å²) in [5.74, 6) is -0.507. The zero-order valence-corrected chi connectivity index (χ0v) is 12.6. The highest BCUT2D eigenvalue weighted by atomic mass is 19.1. The van der Waals surface area contributed by atoms with Crippen molar-refractivity contribution in [3.8, 4) is 5.69 Å².